The van der Waals surface area contributed by atoms with Gasteiger partial charge in [-0.05, 0) is 12.1 Å². The molecule has 0 aliphatic rings. The number of aryl methyl sites for hydroxylation is 1. The van der Waals surface area contributed by atoms with Gasteiger partial charge >= 0.3 is 0 Å². The molecule has 0 aliphatic heterocycles. The van der Waals surface area contributed by atoms with Gasteiger partial charge in [-0.15, -0.1) is 0 Å². The van der Waals surface area contributed by atoms with Crippen LogP contribution in [0.2, 0.25) is 0 Å². The second-order valence-corrected chi connectivity index (χ2v) is 2.20. The molecule has 48 valence electrons. The quantitative estimate of drug-likeness (QED) is 0.553. The molecule has 0 saturated carbocycles. The van der Waals surface area contributed by atoms with Gasteiger partial charge in [-0.1, -0.05) is 12.2 Å². The first kappa shape index (κ1) is 6.29. The van der Waals surface area contributed by atoms with Crippen molar-refractivity contribution in [3.63, 3.8) is 0 Å². The summed E-state index contributed by atoms with van der Waals surface area (Å²) >= 11 is 4.81. The van der Waals surface area contributed by atoms with Crippen molar-refractivity contribution in [1.29, 1.82) is 0 Å². The fraction of sp³-hybridized carbons (Fsp3) is 0.167. The van der Waals surface area contributed by atoms with Gasteiger partial charge in [0.25, 0.3) is 0 Å². The summed E-state index contributed by atoms with van der Waals surface area (Å²) in [7, 11) is 1.79. The number of hydrogen-bond acceptors (Lipinski definition) is 2. The van der Waals surface area contributed by atoms with Crippen LogP contribution in [-0.4, -0.2) is 9.67 Å². The second-order valence-electron chi connectivity index (χ2n) is 1.81. The second kappa shape index (κ2) is 2.19. The molecule has 9 heavy (non-hydrogen) atoms. The third-order valence-electron chi connectivity index (χ3n) is 1.10. The molecular formula is C6H7NOS. The van der Waals surface area contributed by atoms with Crippen LogP contribution < -0.4 is 0 Å². The van der Waals surface area contributed by atoms with Crippen molar-refractivity contribution < 1.29 is 5.11 Å². The Bertz CT molecular complexity index is 243. The van der Waals surface area contributed by atoms with Gasteiger partial charge in [0.15, 0.2) is 0 Å². The van der Waals surface area contributed by atoms with Crippen LogP contribution in [0.1, 0.15) is 0 Å². The van der Waals surface area contributed by atoms with Crippen LogP contribution in [0.4, 0.5) is 0 Å². The summed E-state index contributed by atoms with van der Waals surface area (Å²) in [5.41, 5.74) is 0. The van der Waals surface area contributed by atoms with Crippen molar-refractivity contribution >= 4 is 12.2 Å². The first-order valence-corrected chi connectivity index (χ1v) is 2.97. The maximum Gasteiger partial charge on any atom is 0.150 e. The molecule has 0 aromatic carbocycles. The molecule has 1 aromatic rings. The van der Waals surface area contributed by atoms with Gasteiger partial charge in [-0.25, -0.2) is 0 Å². The predicted molar refractivity (Wildman–Crippen MR) is 37.9 cm³/mol. The number of nitrogens with zero attached hydrogens (tertiary/aromatic N) is 1. The lowest BCUT2D eigenvalue weighted by Gasteiger charge is -1.96. The van der Waals surface area contributed by atoms with Gasteiger partial charge in [0.05, 0.1) is 0 Å². The Morgan fingerprint density at radius 2 is 2.33 bits per heavy atom. The van der Waals surface area contributed by atoms with Crippen molar-refractivity contribution in [3.8, 4) is 5.75 Å². The first-order chi connectivity index (χ1) is 4.22. The molecule has 0 fully saturated rings. The zero-order chi connectivity index (χ0) is 6.85. The van der Waals surface area contributed by atoms with Crippen molar-refractivity contribution in [1.82, 2.24) is 4.57 Å². The van der Waals surface area contributed by atoms with E-state index in [1.54, 1.807) is 29.9 Å². The highest BCUT2D eigenvalue weighted by Crippen LogP contribution is 2.07. The average Bonchev–Trinajstić information content (AvgIpc) is 1.83. The van der Waals surface area contributed by atoms with Gasteiger partial charge in [-0.2, -0.15) is 0 Å². The Balaban J connectivity index is 3.43. The molecule has 0 spiro atoms. The number of aromatic hydroxyl groups is 1. The van der Waals surface area contributed by atoms with Crippen LogP contribution in [0.5, 0.6) is 5.75 Å². The normalized spacial score (nSPS) is 9.44. The number of rotatable bonds is 0. The Labute approximate surface area is 58.4 Å². The highest BCUT2D eigenvalue weighted by molar-refractivity contribution is 7.71. The maximum atomic E-state index is 8.98. The van der Waals surface area contributed by atoms with Crippen molar-refractivity contribution in [2.45, 2.75) is 0 Å². The summed E-state index contributed by atoms with van der Waals surface area (Å²) in [6.07, 6.45) is 1.79. The van der Waals surface area contributed by atoms with E-state index in [1.165, 1.54) is 0 Å². The lowest BCUT2D eigenvalue weighted by atomic mass is 10.5. The van der Waals surface area contributed by atoms with Crippen LogP contribution in [0.25, 0.3) is 0 Å². The van der Waals surface area contributed by atoms with E-state index in [2.05, 4.69) is 0 Å². The smallest absolute Gasteiger partial charge is 0.150 e. The summed E-state index contributed by atoms with van der Waals surface area (Å²) in [5, 5.41) is 8.98. The fourth-order valence-corrected chi connectivity index (χ4v) is 0.712. The van der Waals surface area contributed by atoms with Crippen molar-refractivity contribution in [2.24, 2.45) is 7.05 Å². The zero-order valence-corrected chi connectivity index (χ0v) is 5.85. The molecule has 3 heteroatoms. The van der Waals surface area contributed by atoms with Crippen LogP contribution >= 0.6 is 12.2 Å². The third-order valence-corrected chi connectivity index (χ3v) is 1.60. The lowest BCUT2D eigenvalue weighted by Crippen LogP contribution is -1.88. The number of aromatic nitrogens is 1. The molecule has 2 nitrogen and oxygen atoms in total. The van der Waals surface area contributed by atoms with E-state index >= 15 is 0 Å². The van der Waals surface area contributed by atoms with E-state index in [1.807, 2.05) is 0 Å². The van der Waals surface area contributed by atoms with Crippen LogP contribution in [0, 0.1) is 4.64 Å². The minimum absolute atomic E-state index is 0.162. The fourth-order valence-electron chi connectivity index (χ4n) is 0.583. The topological polar surface area (TPSA) is 25.2 Å². The molecule has 1 aromatic heterocycles. The maximum absolute atomic E-state index is 8.98. The molecule has 1 heterocycles. The summed E-state index contributed by atoms with van der Waals surface area (Å²) < 4.78 is 2.16. The molecule has 0 atom stereocenters. The van der Waals surface area contributed by atoms with E-state index in [0.717, 1.165) is 0 Å². The Morgan fingerprint density at radius 3 is 2.78 bits per heavy atom. The van der Waals surface area contributed by atoms with Crippen LogP contribution in [0.3, 0.4) is 0 Å². The van der Waals surface area contributed by atoms with E-state index in [-0.39, 0.29) is 5.75 Å². The summed E-state index contributed by atoms with van der Waals surface area (Å²) in [5.74, 6) is 0.162. The Hall–Kier alpha value is -0.830. The van der Waals surface area contributed by atoms with Gasteiger partial charge in [-0.3, -0.25) is 0 Å². The van der Waals surface area contributed by atoms with E-state index in [4.69, 9.17) is 17.3 Å². The minimum Gasteiger partial charge on any atom is -0.505 e. The monoisotopic (exact) mass is 141 g/mol. The van der Waals surface area contributed by atoms with Crippen LogP contribution in [-0.2, 0) is 7.05 Å². The first-order valence-electron chi connectivity index (χ1n) is 2.56. The van der Waals surface area contributed by atoms with E-state index in [9.17, 15) is 0 Å². The van der Waals surface area contributed by atoms with Crippen molar-refractivity contribution in [2.75, 3.05) is 0 Å². The molecule has 1 N–H and O–H groups in total. The molecule has 0 bridgehead atoms. The highest BCUT2D eigenvalue weighted by atomic mass is 32.1. The number of hydrogen-bond donors (Lipinski definition) is 1. The Morgan fingerprint density at radius 1 is 1.67 bits per heavy atom. The lowest BCUT2D eigenvalue weighted by molar-refractivity contribution is 0.466. The summed E-state index contributed by atoms with van der Waals surface area (Å²) in [6, 6.07) is 3.31. The molecular weight excluding hydrogens is 134 g/mol. The summed E-state index contributed by atoms with van der Waals surface area (Å²) in [6.45, 7) is 0. The molecule has 0 radical (unpaired) electrons. The van der Waals surface area contributed by atoms with E-state index < -0.39 is 0 Å². The van der Waals surface area contributed by atoms with Crippen LogP contribution in [0.15, 0.2) is 18.3 Å². The summed E-state index contributed by atoms with van der Waals surface area (Å²) in [4.78, 5) is 0. The third kappa shape index (κ3) is 1.10. The van der Waals surface area contributed by atoms with Gasteiger partial charge in [0, 0.05) is 13.2 Å². The zero-order valence-electron chi connectivity index (χ0n) is 5.03. The van der Waals surface area contributed by atoms with Gasteiger partial charge in [0.1, 0.15) is 10.4 Å². The average molecular weight is 141 g/mol. The molecule has 0 aliphatic carbocycles. The number of pyridine rings is 1. The SMILES string of the molecule is Cn1cccc(O)c1=S. The Kier molecular flexibility index (Phi) is 1.53. The standard InChI is InChI=1S/C6H7NOS/c1-7-4-2-3-5(8)6(7)9/h2-4,8H,1H3. The predicted octanol–water partition coefficient (Wildman–Crippen LogP) is 1.46. The molecule has 0 amide bonds. The van der Waals surface area contributed by atoms with Gasteiger partial charge in [0.2, 0.25) is 0 Å². The van der Waals surface area contributed by atoms with Gasteiger partial charge < -0.3 is 9.67 Å². The molecule has 0 saturated heterocycles. The highest BCUT2D eigenvalue weighted by Gasteiger charge is 1.88. The minimum atomic E-state index is 0.162. The molecule has 1 rings (SSSR count). The molecule has 0 unspecified atom stereocenters. The van der Waals surface area contributed by atoms with Crippen molar-refractivity contribution in [3.05, 3.63) is 23.0 Å². The largest absolute Gasteiger partial charge is 0.505 e. The van der Waals surface area contributed by atoms with E-state index in [0.29, 0.717) is 4.64 Å².